The number of unbranched alkanes of at least 4 members (excludes halogenated alkanes) is 3. The second-order valence-electron chi connectivity index (χ2n) is 11.2. The van der Waals surface area contributed by atoms with Crippen molar-refractivity contribution >= 4 is 11.9 Å². The molecule has 1 aromatic rings. The lowest BCUT2D eigenvalue weighted by atomic mass is 9.65. The number of carbonyl (C=O) groups is 2. The molecule has 1 unspecified atom stereocenters. The van der Waals surface area contributed by atoms with Gasteiger partial charge < -0.3 is 25.3 Å². The van der Waals surface area contributed by atoms with E-state index < -0.39 is 11.9 Å². The summed E-state index contributed by atoms with van der Waals surface area (Å²) in [4.78, 5) is 19.1. The Kier molecular flexibility index (Phi) is 10.4. The van der Waals surface area contributed by atoms with E-state index in [4.69, 9.17) is 14.9 Å². The zero-order valence-electron chi connectivity index (χ0n) is 22.2. The normalized spacial score (nSPS) is 22.6. The number of benzene rings is 1. The van der Waals surface area contributed by atoms with Crippen molar-refractivity contribution in [2.45, 2.75) is 109 Å². The molecule has 0 bridgehead atoms. The molecule has 0 saturated heterocycles. The van der Waals surface area contributed by atoms with Gasteiger partial charge in [-0.1, -0.05) is 46.5 Å². The number of nitrogens with one attached hydrogen (secondary N) is 1. The maximum absolute atomic E-state index is 11.0. The molecule has 1 aliphatic carbocycles. The minimum atomic E-state index is -1.26. The Morgan fingerprint density at radius 3 is 2.31 bits per heavy atom. The number of carboxylic acids is 2. The molecule has 1 saturated carbocycles. The molecule has 0 spiro atoms. The van der Waals surface area contributed by atoms with Gasteiger partial charge in [-0.05, 0) is 68.6 Å². The quantitative estimate of drug-likeness (QED) is 0.162. The number of phenolic OH excluding ortho intramolecular Hbond substituents is 1. The summed E-state index contributed by atoms with van der Waals surface area (Å²) in [6, 6.07) is 4.22. The van der Waals surface area contributed by atoms with Crippen LogP contribution in [0.25, 0.3) is 0 Å². The van der Waals surface area contributed by atoms with Gasteiger partial charge in [0.2, 0.25) is 0 Å². The summed E-state index contributed by atoms with van der Waals surface area (Å²) in [6.45, 7) is 11.1. The van der Waals surface area contributed by atoms with Gasteiger partial charge in [0.1, 0.15) is 17.1 Å². The van der Waals surface area contributed by atoms with Crippen LogP contribution in [0.2, 0.25) is 0 Å². The minimum absolute atomic E-state index is 0.00631. The van der Waals surface area contributed by atoms with Crippen molar-refractivity contribution in [3.63, 3.8) is 0 Å². The molecule has 0 radical (unpaired) electrons. The molecule has 202 valence electrons. The van der Waals surface area contributed by atoms with E-state index in [9.17, 15) is 19.9 Å². The summed E-state index contributed by atoms with van der Waals surface area (Å²) in [6.07, 6.45) is 9.97. The Morgan fingerprint density at radius 2 is 1.75 bits per heavy atom. The van der Waals surface area contributed by atoms with E-state index in [1.54, 1.807) is 0 Å². The van der Waals surface area contributed by atoms with Gasteiger partial charge in [0, 0.05) is 29.7 Å². The maximum atomic E-state index is 11.0. The highest BCUT2D eigenvalue weighted by molar-refractivity contribution is 5.89. The fraction of sp³-hybridized carbons (Fsp3) is 0.643. The van der Waals surface area contributed by atoms with E-state index in [0.29, 0.717) is 23.8 Å². The van der Waals surface area contributed by atoms with E-state index in [1.807, 2.05) is 6.07 Å². The first-order valence-corrected chi connectivity index (χ1v) is 12.9. The summed E-state index contributed by atoms with van der Waals surface area (Å²) in [5.41, 5.74) is 4.29. The van der Waals surface area contributed by atoms with Gasteiger partial charge in [0.15, 0.2) is 0 Å². The maximum Gasteiger partial charge on any atom is 0.328 e. The van der Waals surface area contributed by atoms with Crippen molar-refractivity contribution in [1.29, 1.82) is 0 Å². The Hall–Kier alpha value is -2.58. The van der Waals surface area contributed by atoms with Gasteiger partial charge in [-0.25, -0.2) is 15.1 Å². The van der Waals surface area contributed by atoms with Crippen LogP contribution in [0.3, 0.4) is 0 Å². The molecule has 1 aromatic carbocycles. The first-order chi connectivity index (χ1) is 16.8. The van der Waals surface area contributed by atoms with Crippen molar-refractivity contribution in [1.82, 2.24) is 5.48 Å². The number of hydrogen-bond donors (Lipinski definition) is 5. The topological polar surface area (TPSA) is 136 Å². The fourth-order valence-corrected chi connectivity index (χ4v) is 5.54. The van der Waals surface area contributed by atoms with E-state index in [2.05, 4.69) is 46.2 Å². The van der Waals surface area contributed by atoms with Gasteiger partial charge in [0.25, 0.3) is 0 Å². The molecule has 8 nitrogen and oxygen atoms in total. The first-order valence-electron chi connectivity index (χ1n) is 12.9. The van der Waals surface area contributed by atoms with Crippen LogP contribution in [0.5, 0.6) is 11.5 Å². The van der Waals surface area contributed by atoms with Crippen molar-refractivity contribution < 1.29 is 34.9 Å². The van der Waals surface area contributed by atoms with Crippen LogP contribution >= 0.6 is 0 Å². The molecule has 0 amide bonds. The predicted octanol–water partition coefficient (Wildman–Crippen LogP) is 5.75. The van der Waals surface area contributed by atoms with Crippen LogP contribution in [0, 0.1) is 5.92 Å². The summed E-state index contributed by atoms with van der Waals surface area (Å²) >= 11 is 0. The molecule has 1 heterocycles. The largest absolute Gasteiger partial charge is 0.508 e. The summed E-state index contributed by atoms with van der Waals surface area (Å²) < 4.78 is 6.47. The van der Waals surface area contributed by atoms with E-state index in [0.717, 1.165) is 42.6 Å². The third kappa shape index (κ3) is 7.71. The van der Waals surface area contributed by atoms with E-state index in [-0.39, 0.29) is 23.0 Å². The van der Waals surface area contributed by atoms with Crippen LogP contribution in [0.15, 0.2) is 24.3 Å². The zero-order valence-corrected chi connectivity index (χ0v) is 22.2. The zero-order chi connectivity index (χ0) is 27.1. The van der Waals surface area contributed by atoms with Gasteiger partial charge in [-0.3, -0.25) is 0 Å². The fourth-order valence-electron chi connectivity index (χ4n) is 5.54. The average Bonchev–Trinajstić information content (AvgIpc) is 2.79. The Morgan fingerprint density at radius 1 is 1.11 bits per heavy atom. The number of rotatable bonds is 9. The highest BCUT2D eigenvalue weighted by Crippen LogP contribution is 2.55. The van der Waals surface area contributed by atoms with Crippen molar-refractivity contribution in [3.8, 4) is 11.5 Å². The smallest absolute Gasteiger partial charge is 0.328 e. The number of hydrogen-bond acceptors (Lipinski definition) is 6. The van der Waals surface area contributed by atoms with Crippen molar-refractivity contribution in [3.05, 3.63) is 35.4 Å². The van der Waals surface area contributed by atoms with Crippen LogP contribution in [-0.4, -0.2) is 44.1 Å². The third-order valence-electron chi connectivity index (χ3n) is 7.60. The number of carboxylic acid groups (broad SMARTS) is 2. The molecule has 8 heteroatoms. The molecular weight excluding hydrogens is 462 g/mol. The standard InChI is InChI=1S/C24H39NO3.C4H4O4/c1-6-7-8-9-12-23(2,3)16-13-20(26)22-18-15-17(25-27)10-11-19(18)24(4,5)28-21(22)14-16;5-3(6)1-2-4(7)8/h13-14,17-19,25-27H,6-12,15H2,1-5H3;1-2H,(H,5,6)(H,7,8)/b;2-1-/t17?,18-,19-;/m1./s1. The molecule has 3 atom stereocenters. The first kappa shape index (κ1) is 29.6. The molecule has 1 aliphatic heterocycles. The Labute approximate surface area is 214 Å². The summed E-state index contributed by atoms with van der Waals surface area (Å²) in [5, 5.41) is 36.1. The second-order valence-corrected chi connectivity index (χ2v) is 11.2. The van der Waals surface area contributed by atoms with E-state index in [1.165, 1.54) is 25.7 Å². The number of aliphatic carboxylic acids is 2. The number of aromatic hydroxyl groups is 1. The number of fused-ring (bicyclic) bond motifs is 3. The summed E-state index contributed by atoms with van der Waals surface area (Å²) in [5.74, 6) is -0.762. The molecule has 1 fully saturated rings. The number of ether oxygens (including phenoxy) is 1. The van der Waals surface area contributed by atoms with Crippen molar-refractivity contribution in [2.24, 2.45) is 5.92 Å². The highest BCUT2D eigenvalue weighted by Gasteiger charge is 2.48. The molecule has 0 aromatic heterocycles. The number of phenols is 1. The molecule has 3 rings (SSSR count). The van der Waals surface area contributed by atoms with Crippen LogP contribution in [0.1, 0.15) is 103 Å². The predicted molar refractivity (Wildman–Crippen MR) is 138 cm³/mol. The average molecular weight is 506 g/mol. The molecule has 5 N–H and O–H groups in total. The van der Waals surface area contributed by atoms with Crippen molar-refractivity contribution in [2.75, 3.05) is 0 Å². The van der Waals surface area contributed by atoms with Gasteiger partial charge in [-0.2, -0.15) is 0 Å². The van der Waals surface area contributed by atoms with Crippen LogP contribution < -0.4 is 10.2 Å². The van der Waals surface area contributed by atoms with Gasteiger partial charge in [0.05, 0.1) is 0 Å². The molecular formula is C28H43NO7. The minimum Gasteiger partial charge on any atom is -0.508 e. The third-order valence-corrected chi connectivity index (χ3v) is 7.60. The lowest BCUT2D eigenvalue weighted by Gasteiger charge is -2.49. The SMILES string of the molecule is CCCCCCC(C)(C)c1cc(O)c2c(c1)OC(C)(C)[C@@H]1CCC(NO)C[C@@H]21.O=C(O)/C=C\C(=O)O. The summed E-state index contributed by atoms with van der Waals surface area (Å²) in [7, 11) is 0. The van der Waals surface area contributed by atoms with Gasteiger partial charge >= 0.3 is 11.9 Å². The van der Waals surface area contributed by atoms with Gasteiger partial charge in [-0.15, -0.1) is 0 Å². The van der Waals surface area contributed by atoms with E-state index >= 15 is 0 Å². The Balaban J connectivity index is 0.000000493. The molecule has 2 aliphatic rings. The number of hydroxylamine groups is 1. The van der Waals surface area contributed by atoms with Crippen LogP contribution in [0.4, 0.5) is 0 Å². The van der Waals surface area contributed by atoms with Crippen LogP contribution in [-0.2, 0) is 15.0 Å². The monoisotopic (exact) mass is 505 g/mol. The highest BCUT2D eigenvalue weighted by atomic mass is 16.5. The Bertz CT molecular complexity index is 922. The lowest BCUT2D eigenvalue weighted by molar-refractivity contribution is -0.134. The lowest BCUT2D eigenvalue weighted by Crippen LogP contribution is -2.49. The second kappa shape index (κ2) is 12.6. The molecule has 36 heavy (non-hydrogen) atoms.